The SMILES string of the molecule is CN(C)C(=O)c1cc2c(-c3cc(F)c([C@@H]4CCN(C(=O)OC(C)(C)C)CC4(F)F)cc3F)cc(C3=CCCN(C(=O)CCn4cccn4)C3)c(F)c2[nH]1. The van der Waals surface area contributed by atoms with Crippen molar-refractivity contribution in [1.82, 2.24) is 29.5 Å². The fraction of sp³-hybridized carbons (Fsp3) is 0.421. The van der Waals surface area contributed by atoms with Gasteiger partial charge in [0.2, 0.25) is 5.91 Å². The molecule has 1 atom stereocenters. The largest absolute Gasteiger partial charge is 0.444 e. The summed E-state index contributed by atoms with van der Waals surface area (Å²) in [6.45, 7) is 4.40. The first-order valence-corrected chi connectivity index (χ1v) is 17.3. The molecule has 53 heavy (non-hydrogen) atoms. The van der Waals surface area contributed by atoms with E-state index in [4.69, 9.17) is 4.74 Å². The maximum absolute atomic E-state index is 16.4. The number of rotatable bonds is 7. The van der Waals surface area contributed by atoms with Crippen LogP contribution in [0.5, 0.6) is 0 Å². The zero-order valence-electron chi connectivity index (χ0n) is 30.1. The molecule has 2 aliphatic rings. The first-order valence-electron chi connectivity index (χ1n) is 17.3. The van der Waals surface area contributed by atoms with E-state index in [2.05, 4.69) is 10.1 Å². The molecule has 1 saturated heterocycles. The number of likely N-dealkylation sites (tertiary alicyclic amines) is 1. The van der Waals surface area contributed by atoms with Crippen molar-refractivity contribution in [3.8, 4) is 11.1 Å². The van der Waals surface area contributed by atoms with Crippen LogP contribution in [0.4, 0.5) is 26.7 Å². The van der Waals surface area contributed by atoms with Gasteiger partial charge >= 0.3 is 6.09 Å². The monoisotopic (exact) mass is 740 g/mol. The third-order valence-corrected chi connectivity index (χ3v) is 9.46. The molecule has 0 aliphatic carbocycles. The lowest BCUT2D eigenvalue weighted by atomic mass is 9.84. The van der Waals surface area contributed by atoms with Crippen molar-refractivity contribution in [3.05, 3.63) is 83.1 Å². The fourth-order valence-corrected chi connectivity index (χ4v) is 6.87. The molecule has 3 amide bonds. The standard InChI is InChI=1S/C38H41F5N6O4/c1-37(2,3)53-36(52)48-14-9-28(38(42,43)21-48)27-18-29(39)25(17-30(27)40)24-16-23(33(41)34-26(24)19-31(45-34)35(51)46(4)5)22-8-6-12-47(20-22)32(50)10-15-49-13-7-11-44-49/h7-8,11,13,16-19,28,45H,6,9-10,12,14-15,20-21H2,1-5H3/t28-/m0/s1. The van der Waals surface area contributed by atoms with Crippen molar-refractivity contribution in [2.75, 3.05) is 40.3 Å². The summed E-state index contributed by atoms with van der Waals surface area (Å²) >= 11 is 0. The summed E-state index contributed by atoms with van der Waals surface area (Å²) in [5, 5.41) is 4.18. The zero-order valence-corrected chi connectivity index (χ0v) is 30.1. The van der Waals surface area contributed by atoms with Gasteiger partial charge in [-0.2, -0.15) is 5.10 Å². The second kappa shape index (κ2) is 14.3. The number of aromatic nitrogens is 3. The number of hydrogen-bond acceptors (Lipinski definition) is 5. The minimum absolute atomic E-state index is 0.00714. The molecule has 1 fully saturated rings. The number of nitrogens with zero attached hydrogens (tertiary/aromatic N) is 5. The van der Waals surface area contributed by atoms with Gasteiger partial charge in [0.05, 0.1) is 18.0 Å². The molecular formula is C38H41F5N6O4. The van der Waals surface area contributed by atoms with Crippen molar-refractivity contribution in [2.45, 2.75) is 64.0 Å². The number of carbonyl (C=O) groups excluding carboxylic acids is 3. The van der Waals surface area contributed by atoms with Crippen LogP contribution >= 0.6 is 0 Å². The van der Waals surface area contributed by atoms with Crippen LogP contribution in [0.15, 0.2) is 48.8 Å². The van der Waals surface area contributed by atoms with Gasteiger partial charge in [-0.05, 0) is 80.6 Å². The number of fused-ring (bicyclic) bond motifs is 1. The van der Waals surface area contributed by atoms with E-state index in [0.29, 0.717) is 25.1 Å². The third kappa shape index (κ3) is 7.79. The van der Waals surface area contributed by atoms with Crippen LogP contribution in [0, 0.1) is 17.5 Å². The van der Waals surface area contributed by atoms with E-state index in [1.165, 1.54) is 31.1 Å². The molecule has 282 valence electrons. The van der Waals surface area contributed by atoms with Crippen molar-refractivity contribution >= 4 is 34.4 Å². The molecule has 2 aromatic heterocycles. The van der Waals surface area contributed by atoms with Crippen LogP contribution in [0.25, 0.3) is 27.6 Å². The average Bonchev–Trinajstić information content (AvgIpc) is 3.78. The highest BCUT2D eigenvalue weighted by molar-refractivity contribution is 6.04. The van der Waals surface area contributed by atoms with Gasteiger partial charge in [-0.1, -0.05) is 6.08 Å². The molecule has 2 aliphatic heterocycles. The zero-order chi connectivity index (χ0) is 38.4. The highest BCUT2D eigenvalue weighted by atomic mass is 19.3. The molecular weight excluding hydrogens is 699 g/mol. The average molecular weight is 741 g/mol. The van der Waals surface area contributed by atoms with E-state index >= 15 is 22.0 Å². The Morgan fingerprint density at radius 1 is 1.00 bits per heavy atom. The number of carbonyl (C=O) groups is 3. The Morgan fingerprint density at radius 3 is 2.42 bits per heavy atom. The van der Waals surface area contributed by atoms with Crippen molar-refractivity contribution < 1.29 is 41.1 Å². The third-order valence-electron chi connectivity index (χ3n) is 9.46. The number of H-pyrrole nitrogens is 1. The van der Waals surface area contributed by atoms with E-state index in [9.17, 15) is 14.4 Å². The van der Waals surface area contributed by atoms with E-state index in [1.807, 2.05) is 0 Å². The second-order valence-electron chi connectivity index (χ2n) is 14.7. The number of aromatic amines is 1. The van der Waals surface area contributed by atoms with Gasteiger partial charge in [-0.15, -0.1) is 0 Å². The molecule has 4 aromatic rings. The maximum atomic E-state index is 16.4. The van der Waals surface area contributed by atoms with Gasteiger partial charge in [0.15, 0.2) is 5.82 Å². The van der Waals surface area contributed by atoms with Gasteiger partial charge in [-0.25, -0.2) is 26.7 Å². The van der Waals surface area contributed by atoms with Crippen LogP contribution in [-0.4, -0.2) is 99.2 Å². The topological polar surface area (TPSA) is 104 Å². The summed E-state index contributed by atoms with van der Waals surface area (Å²) in [5.74, 6) is -8.94. The summed E-state index contributed by atoms with van der Waals surface area (Å²) in [6, 6.07) is 5.95. The van der Waals surface area contributed by atoms with E-state index < -0.39 is 59.0 Å². The number of benzene rings is 2. The number of halogens is 5. The summed E-state index contributed by atoms with van der Waals surface area (Å²) < 4.78 is 86.6. The first-order chi connectivity index (χ1) is 24.9. The number of nitrogens with one attached hydrogen (secondary N) is 1. The number of aryl methyl sites for hydroxylation is 1. The maximum Gasteiger partial charge on any atom is 0.410 e. The summed E-state index contributed by atoms with van der Waals surface area (Å²) in [5.41, 5.74) is -1.51. The van der Waals surface area contributed by atoms with E-state index in [-0.39, 0.29) is 65.1 Å². The molecule has 0 unspecified atom stereocenters. The number of piperidine rings is 1. The summed E-state index contributed by atoms with van der Waals surface area (Å²) in [7, 11) is 3.01. The Kier molecular flexibility index (Phi) is 10.1. The predicted molar refractivity (Wildman–Crippen MR) is 188 cm³/mol. The van der Waals surface area contributed by atoms with Crippen LogP contribution in [-0.2, 0) is 16.1 Å². The fourth-order valence-electron chi connectivity index (χ4n) is 6.87. The Bertz CT molecular complexity index is 2090. The minimum atomic E-state index is -3.61. The molecule has 0 radical (unpaired) electrons. The summed E-state index contributed by atoms with van der Waals surface area (Å²) in [6.07, 6.45) is 4.39. The Labute approximate surface area is 303 Å². The summed E-state index contributed by atoms with van der Waals surface area (Å²) in [4.78, 5) is 45.1. The predicted octanol–water partition coefficient (Wildman–Crippen LogP) is 7.22. The van der Waals surface area contributed by atoms with Gasteiger partial charge < -0.3 is 24.4 Å². The molecule has 10 nitrogen and oxygen atoms in total. The minimum Gasteiger partial charge on any atom is -0.444 e. The lowest BCUT2D eigenvalue weighted by Gasteiger charge is -2.39. The molecule has 0 bridgehead atoms. The van der Waals surface area contributed by atoms with Crippen molar-refractivity contribution in [1.29, 1.82) is 0 Å². The molecule has 2 aromatic carbocycles. The van der Waals surface area contributed by atoms with Crippen molar-refractivity contribution in [3.63, 3.8) is 0 Å². The lowest BCUT2D eigenvalue weighted by molar-refractivity contribution is -0.131. The smallest absolute Gasteiger partial charge is 0.410 e. The van der Waals surface area contributed by atoms with Gasteiger partial charge in [0, 0.05) is 75.6 Å². The first kappa shape index (κ1) is 37.5. The molecule has 0 saturated carbocycles. The Hall–Kier alpha value is -5.21. The van der Waals surface area contributed by atoms with E-state index in [1.54, 1.807) is 54.9 Å². The highest BCUT2D eigenvalue weighted by Crippen LogP contribution is 2.44. The van der Waals surface area contributed by atoms with Crippen LogP contribution < -0.4 is 0 Å². The Balaban J connectivity index is 1.36. The van der Waals surface area contributed by atoms with E-state index in [0.717, 1.165) is 17.0 Å². The molecule has 4 heterocycles. The number of alkyl halides is 2. The van der Waals surface area contributed by atoms with Gasteiger partial charge in [0.25, 0.3) is 11.8 Å². The van der Waals surface area contributed by atoms with Crippen molar-refractivity contribution in [2.24, 2.45) is 0 Å². The normalized spacial score (nSPS) is 17.5. The number of ether oxygens (including phenoxy) is 1. The van der Waals surface area contributed by atoms with Crippen LogP contribution in [0.1, 0.15) is 67.6 Å². The van der Waals surface area contributed by atoms with Crippen LogP contribution in [0.3, 0.4) is 0 Å². The molecule has 1 N–H and O–H groups in total. The highest BCUT2D eigenvalue weighted by Gasteiger charge is 2.48. The number of amides is 3. The quantitative estimate of drug-likeness (QED) is 0.202. The Morgan fingerprint density at radius 2 is 1.75 bits per heavy atom. The molecule has 6 rings (SSSR count). The lowest BCUT2D eigenvalue weighted by Crippen LogP contribution is -2.51. The van der Waals surface area contributed by atoms with Gasteiger partial charge in [0.1, 0.15) is 22.9 Å². The second-order valence-corrected chi connectivity index (χ2v) is 14.7. The van der Waals surface area contributed by atoms with Gasteiger partial charge in [-0.3, -0.25) is 14.3 Å². The number of hydrogen-bond donors (Lipinski definition) is 1. The van der Waals surface area contributed by atoms with Crippen LogP contribution in [0.2, 0.25) is 0 Å². The molecule has 0 spiro atoms. The molecule has 15 heteroatoms.